The van der Waals surface area contributed by atoms with Gasteiger partial charge in [0.1, 0.15) is 17.1 Å². The molecule has 0 unspecified atom stereocenters. The predicted octanol–water partition coefficient (Wildman–Crippen LogP) is 1.94. The van der Waals surface area contributed by atoms with Crippen LogP contribution in [0.25, 0.3) is 10.4 Å². The van der Waals surface area contributed by atoms with Gasteiger partial charge >= 0.3 is 12.0 Å². The molecule has 0 radical (unpaired) electrons. The van der Waals surface area contributed by atoms with Crippen LogP contribution in [0.3, 0.4) is 0 Å². The molecular weight excluding hydrogens is 420 g/mol. The van der Waals surface area contributed by atoms with Gasteiger partial charge in [-0.1, -0.05) is 18.2 Å². The van der Waals surface area contributed by atoms with Gasteiger partial charge in [-0.15, -0.1) is 11.3 Å². The number of carbonyl (C=O) groups excluding carboxylic acids is 3. The van der Waals surface area contributed by atoms with Crippen LogP contribution in [0.1, 0.15) is 41.6 Å². The Morgan fingerprint density at radius 3 is 2.58 bits per heavy atom. The van der Waals surface area contributed by atoms with Crippen LogP contribution >= 0.6 is 11.3 Å². The molecule has 1 fully saturated rings. The molecule has 1 aliphatic carbocycles. The van der Waals surface area contributed by atoms with Crippen molar-refractivity contribution in [3.8, 4) is 10.4 Å². The molecule has 1 saturated carbocycles. The maximum atomic E-state index is 12.3. The van der Waals surface area contributed by atoms with Crippen molar-refractivity contribution in [1.29, 1.82) is 0 Å². The highest BCUT2D eigenvalue weighted by Crippen LogP contribution is 2.35. The molecule has 3 rings (SSSR count). The molecule has 7 N–H and O–H groups in total. The lowest BCUT2D eigenvalue weighted by Crippen LogP contribution is -2.41. The van der Waals surface area contributed by atoms with Crippen LogP contribution < -0.4 is 22.1 Å². The third-order valence-corrected chi connectivity index (χ3v) is 6.15. The van der Waals surface area contributed by atoms with E-state index >= 15 is 0 Å². The van der Waals surface area contributed by atoms with Crippen LogP contribution in [0.5, 0.6) is 0 Å². The molecule has 31 heavy (non-hydrogen) atoms. The number of primary amides is 2. The second-order valence-corrected chi connectivity index (χ2v) is 8.42. The van der Waals surface area contributed by atoms with Crippen molar-refractivity contribution in [2.75, 3.05) is 11.9 Å². The van der Waals surface area contributed by atoms with Gasteiger partial charge in [0.2, 0.25) is 0 Å². The molecule has 1 atom stereocenters. The smallest absolute Gasteiger partial charge is 0.325 e. The number of amides is 3. The fourth-order valence-corrected chi connectivity index (χ4v) is 4.53. The Balaban J connectivity index is 1.69. The number of rotatable bonds is 9. The zero-order chi connectivity index (χ0) is 22.4. The minimum absolute atomic E-state index is 0.0619. The Labute approximate surface area is 183 Å². The highest BCUT2D eigenvalue weighted by Gasteiger charge is 2.25. The summed E-state index contributed by atoms with van der Waals surface area (Å²) in [6.07, 6.45) is 3.78. The zero-order valence-electron chi connectivity index (χ0n) is 16.9. The van der Waals surface area contributed by atoms with Crippen LogP contribution in [-0.2, 0) is 16.1 Å². The SMILES string of the molecule is NC(=O)Nc1sc(-c2cccc(CN[C@@H](CO)C(=O)OC3CCCC3)c2)cc1C(N)=O. The maximum absolute atomic E-state index is 12.3. The summed E-state index contributed by atoms with van der Waals surface area (Å²) in [4.78, 5) is 35.9. The van der Waals surface area contributed by atoms with Crippen molar-refractivity contribution in [1.82, 2.24) is 5.32 Å². The van der Waals surface area contributed by atoms with Gasteiger partial charge in [0.05, 0.1) is 12.2 Å². The van der Waals surface area contributed by atoms with E-state index in [0.717, 1.165) is 41.7 Å². The molecule has 0 saturated heterocycles. The Bertz CT molecular complexity index is 955. The van der Waals surface area contributed by atoms with Crippen molar-refractivity contribution in [2.45, 2.75) is 44.4 Å². The first-order chi connectivity index (χ1) is 14.9. The average Bonchev–Trinajstić information content (AvgIpc) is 3.38. The van der Waals surface area contributed by atoms with Crippen molar-refractivity contribution in [2.24, 2.45) is 11.5 Å². The van der Waals surface area contributed by atoms with Crippen LogP contribution in [0.4, 0.5) is 9.80 Å². The molecule has 3 amide bonds. The number of urea groups is 1. The molecule has 1 aromatic heterocycles. The molecule has 1 aromatic carbocycles. The lowest BCUT2D eigenvalue weighted by Gasteiger charge is -2.18. The number of hydrogen-bond donors (Lipinski definition) is 5. The summed E-state index contributed by atoms with van der Waals surface area (Å²) in [7, 11) is 0. The van der Waals surface area contributed by atoms with Gasteiger partial charge in [-0.2, -0.15) is 0 Å². The second-order valence-electron chi connectivity index (χ2n) is 7.37. The van der Waals surface area contributed by atoms with E-state index in [9.17, 15) is 19.5 Å². The third kappa shape index (κ3) is 6.03. The Morgan fingerprint density at radius 2 is 1.94 bits per heavy atom. The minimum atomic E-state index is -0.807. The second kappa shape index (κ2) is 10.4. The Hall–Kier alpha value is -2.95. The summed E-state index contributed by atoms with van der Waals surface area (Å²) in [5.74, 6) is -1.12. The average molecular weight is 447 g/mol. The lowest BCUT2D eigenvalue weighted by atomic mass is 10.1. The summed E-state index contributed by atoms with van der Waals surface area (Å²) >= 11 is 1.18. The van der Waals surface area contributed by atoms with Crippen molar-refractivity contribution >= 4 is 34.2 Å². The molecule has 10 heteroatoms. The van der Waals surface area contributed by atoms with Gasteiger partial charge in [-0.3, -0.25) is 20.2 Å². The van der Waals surface area contributed by atoms with E-state index in [1.54, 1.807) is 6.07 Å². The molecule has 166 valence electrons. The summed E-state index contributed by atoms with van der Waals surface area (Å²) in [5, 5.41) is 15.3. The number of hydrogen-bond acceptors (Lipinski definition) is 7. The lowest BCUT2D eigenvalue weighted by molar-refractivity contribution is -0.152. The van der Waals surface area contributed by atoms with Gasteiger partial charge in [0, 0.05) is 11.4 Å². The molecule has 2 aromatic rings. The fraction of sp³-hybridized carbons (Fsp3) is 0.381. The van der Waals surface area contributed by atoms with E-state index in [-0.39, 0.29) is 23.3 Å². The number of ether oxygens (including phenoxy) is 1. The van der Waals surface area contributed by atoms with E-state index in [1.165, 1.54) is 11.3 Å². The van der Waals surface area contributed by atoms with E-state index in [1.807, 2.05) is 24.3 Å². The number of benzene rings is 1. The first kappa shape index (κ1) is 22.7. The van der Waals surface area contributed by atoms with Gasteiger partial charge in [-0.05, 0) is 48.9 Å². The summed E-state index contributed by atoms with van der Waals surface area (Å²) in [6, 6.07) is 7.45. The normalized spacial score (nSPS) is 14.9. The van der Waals surface area contributed by atoms with Crippen LogP contribution in [0.2, 0.25) is 0 Å². The number of carbonyl (C=O) groups is 3. The summed E-state index contributed by atoms with van der Waals surface area (Å²) in [5.41, 5.74) is 12.4. The highest BCUT2D eigenvalue weighted by molar-refractivity contribution is 7.20. The number of nitrogens with two attached hydrogens (primary N) is 2. The van der Waals surface area contributed by atoms with E-state index < -0.39 is 23.9 Å². The third-order valence-electron chi connectivity index (χ3n) is 5.05. The van der Waals surface area contributed by atoms with Gasteiger partial charge in [-0.25, -0.2) is 4.79 Å². The summed E-state index contributed by atoms with van der Waals surface area (Å²) < 4.78 is 5.47. The number of esters is 1. The van der Waals surface area contributed by atoms with E-state index in [2.05, 4.69) is 10.6 Å². The Kier molecular flexibility index (Phi) is 7.61. The Morgan fingerprint density at radius 1 is 1.19 bits per heavy atom. The fourth-order valence-electron chi connectivity index (χ4n) is 3.47. The largest absolute Gasteiger partial charge is 0.461 e. The number of thiophene rings is 1. The highest BCUT2D eigenvalue weighted by atomic mass is 32.1. The van der Waals surface area contributed by atoms with Crippen molar-refractivity contribution < 1.29 is 24.2 Å². The molecular formula is C21H26N4O5S. The molecule has 1 aliphatic rings. The van der Waals surface area contributed by atoms with E-state index in [0.29, 0.717) is 6.54 Å². The van der Waals surface area contributed by atoms with Crippen LogP contribution in [0.15, 0.2) is 30.3 Å². The molecule has 0 spiro atoms. The number of aliphatic hydroxyl groups excluding tert-OH is 1. The number of anilines is 1. The van der Waals surface area contributed by atoms with Gasteiger partial charge in [0.25, 0.3) is 5.91 Å². The topological polar surface area (TPSA) is 157 Å². The van der Waals surface area contributed by atoms with Crippen LogP contribution in [-0.4, -0.2) is 41.8 Å². The molecule has 0 aliphatic heterocycles. The molecule has 0 bridgehead atoms. The minimum Gasteiger partial charge on any atom is -0.461 e. The first-order valence-electron chi connectivity index (χ1n) is 10.0. The number of aliphatic hydroxyl groups is 1. The monoisotopic (exact) mass is 446 g/mol. The quantitative estimate of drug-likeness (QED) is 0.371. The van der Waals surface area contributed by atoms with Crippen molar-refractivity contribution in [3.63, 3.8) is 0 Å². The molecule has 1 heterocycles. The zero-order valence-corrected chi connectivity index (χ0v) is 17.7. The first-order valence-corrected chi connectivity index (χ1v) is 10.8. The number of nitrogens with one attached hydrogen (secondary N) is 2. The standard InChI is InChI=1S/C21H26N4O5S/c22-18(27)15-9-17(31-19(15)25-21(23)29)13-5-3-4-12(8-13)10-24-16(11-26)20(28)30-14-6-1-2-7-14/h3-5,8-9,14,16,24,26H,1-2,6-7,10-11H2,(H2,22,27)(H3,23,25,29)/t16-/m0/s1. The van der Waals surface area contributed by atoms with Gasteiger partial charge in [0.15, 0.2) is 0 Å². The van der Waals surface area contributed by atoms with E-state index in [4.69, 9.17) is 16.2 Å². The molecule has 9 nitrogen and oxygen atoms in total. The van der Waals surface area contributed by atoms with Crippen molar-refractivity contribution in [3.05, 3.63) is 41.5 Å². The predicted molar refractivity (Wildman–Crippen MR) is 118 cm³/mol. The van der Waals surface area contributed by atoms with Crippen LogP contribution in [0, 0.1) is 0 Å². The maximum Gasteiger partial charge on any atom is 0.325 e. The van der Waals surface area contributed by atoms with Gasteiger partial charge < -0.3 is 21.3 Å². The summed E-state index contributed by atoms with van der Waals surface area (Å²) in [6.45, 7) is -0.0282.